The number of fused-ring (bicyclic) bond motifs is 1. The highest BCUT2D eigenvalue weighted by atomic mass is 79.9. The van der Waals surface area contributed by atoms with E-state index in [1.54, 1.807) is 30.3 Å². The number of hydrogen-bond donors (Lipinski definition) is 1. The monoisotopic (exact) mass is 610 g/mol. The number of ether oxygens (including phenoxy) is 1. The molecule has 0 spiro atoms. The highest BCUT2D eigenvalue weighted by Gasteiger charge is 2.22. The molecule has 5 rings (SSSR count). The van der Waals surface area contributed by atoms with Gasteiger partial charge in [-0.2, -0.15) is 9.78 Å². The summed E-state index contributed by atoms with van der Waals surface area (Å²) in [6.07, 6.45) is 6.69. The smallest absolute Gasteiger partial charge is 0.282 e. The molecule has 0 unspecified atom stereocenters. The summed E-state index contributed by atoms with van der Waals surface area (Å²) in [5.41, 5.74) is 1.17. The standard InChI is InChI=1S/C29H25BrClFN4O3/c30-24-14-20(31)13-19(27(24)39-17-26(37)34-22-10-6-9-21(32)15-22)16-33-36-28(18-7-2-1-3-8-18)35-25-12-5-4-11-23(25)29(36)38/h4-6,9-16,18H,1-3,7-8,17H2,(H,34,37). The zero-order valence-corrected chi connectivity index (χ0v) is 23.2. The molecular formula is C29H25BrClFN4O3. The summed E-state index contributed by atoms with van der Waals surface area (Å²) in [5, 5.41) is 8.05. The molecule has 10 heteroatoms. The van der Waals surface area contributed by atoms with Crippen LogP contribution in [0.15, 0.2) is 75.0 Å². The van der Waals surface area contributed by atoms with E-state index in [-0.39, 0.29) is 18.1 Å². The van der Waals surface area contributed by atoms with E-state index in [0.29, 0.717) is 43.2 Å². The van der Waals surface area contributed by atoms with Crippen LogP contribution in [-0.4, -0.2) is 28.4 Å². The van der Waals surface area contributed by atoms with Gasteiger partial charge in [0.15, 0.2) is 6.61 Å². The zero-order valence-electron chi connectivity index (χ0n) is 20.9. The van der Waals surface area contributed by atoms with E-state index >= 15 is 0 Å². The van der Waals surface area contributed by atoms with E-state index in [9.17, 15) is 14.0 Å². The molecule has 1 heterocycles. The Hall–Kier alpha value is -3.56. The van der Waals surface area contributed by atoms with Crippen LogP contribution >= 0.6 is 27.5 Å². The topological polar surface area (TPSA) is 85.6 Å². The number of aromatic nitrogens is 2. The van der Waals surface area contributed by atoms with Crippen LogP contribution in [0, 0.1) is 5.82 Å². The van der Waals surface area contributed by atoms with Gasteiger partial charge in [0.2, 0.25) is 0 Å². The van der Waals surface area contributed by atoms with Gasteiger partial charge in [-0.25, -0.2) is 9.37 Å². The molecule has 0 bridgehead atoms. The Balaban J connectivity index is 1.46. The number of halogens is 3. The molecule has 0 saturated heterocycles. The lowest BCUT2D eigenvalue weighted by atomic mass is 9.88. The van der Waals surface area contributed by atoms with Gasteiger partial charge in [-0.05, 0) is 71.2 Å². The predicted molar refractivity (Wildman–Crippen MR) is 154 cm³/mol. The predicted octanol–water partition coefficient (Wildman–Crippen LogP) is 6.90. The molecule has 7 nitrogen and oxygen atoms in total. The van der Waals surface area contributed by atoms with Crippen molar-refractivity contribution in [2.24, 2.45) is 5.10 Å². The fourth-order valence-corrected chi connectivity index (χ4v) is 5.68. The van der Waals surface area contributed by atoms with Gasteiger partial charge in [0.1, 0.15) is 17.4 Å². The molecule has 1 aromatic heterocycles. The summed E-state index contributed by atoms with van der Waals surface area (Å²) in [5.74, 6) is 0.145. The molecule has 1 N–H and O–H groups in total. The average Bonchev–Trinajstić information content (AvgIpc) is 2.92. The molecule has 0 radical (unpaired) electrons. The van der Waals surface area contributed by atoms with Crippen molar-refractivity contribution in [1.29, 1.82) is 0 Å². The van der Waals surface area contributed by atoms with Gasteiger partial charge in [0.25, 0.3) is 11.5 Å². The number of benzene rings is 3. The van der Waals surface area contributed by atoms with Crippen molar-refractivity contribution in [2.75, 3.05) is 11.9 Å². The van der Waals surface area contributed by atoms with E-state index in [4.69, 9.17) is 21.3 Å². The Morgan fingerprint density at radius 3 is 2.74 bits per heavy atom. The normalized spacial score (nSPS) is 14.1. The van der Waals surface area contributed by atoms with Crippen LogP contribution in [0.3, 0.4) is 0 Å². The van der Waals surface area contributed by atoms with Crippen LogP contribution in [0.4, 0.5) is 10.1 Å². The first kappa shape index (κ1) is 27.0. The minimum atomic E-state index is -0.472. The Bertz CT molecular complexity index is 1620. The number of nitrogens with one attached hydrogen (secondary N) is 1. The number of amides is 1. The van der Waals surface area contributed by atoms with Crippen molar-refractivity contribution < 1.29 is 13.9 Å². The average molecular weight is 612 g/mol. The second-order valence-corrected chi connectivity index (χ2v) is 10.6. The lowest BCUT2D eigenvalue weighted by molar-refractivity contribution is -0.118. The lowest BCUT2D eigenvalue weighted by Gasteiger charge is -2.22. The molecule has 1 amide bonds. The van der Waals surface area contributed by atoms with Crippen LogP contribution in [0.2, 0.25) is 5.02 Å². The third-order valence-electron chi connectivity index (χ3n) is 6.55. The van der Waals surface area contributed by atoms with Crippen molar-refractivity contribution in [3.8, 4) is 5.75 Å². The van der Waals surface area contributed by atoms with Crippen molar-refractivity contribution in [3.05, 3.63) is 97.7 Å². The van der Waals surface area contributed by atoms with Gasteiger partial charge in [0.05, 0.1) is 21.6 Å². The molecule has 1 aliphatic carbocycles. The van der Waals surface area contributed by atoms with Gasteiger partial charge >= 0.3 is 0 Å². The van der Waals surface area contributed by atoms with Crippen LogP contribution in [0.5, 0.6) is 5.75 Å². The van der Waals surface area contributed by atoms with Gasteiger partial charge in [-0.1, -0.05) is 49.1 Å². The van der Waals surface area contributed by atoms with Crippen LogP contribution in [0.1, 0.15) is 49.4 Å². The van der Waals surface area contributed by atoms with Gasteiger partial charge in [0, 0.05) is 22.2 Å². The maximum Gasteiger partial charge on any atom is 0.282 e. The van der Waals surface area contributed by atoms with Gasteiger partial charge in [-0.15, -0.1) is 0 Å². The minimum absolute atomic E-state index is 0.126. The van der Waals surface area contributed by atoms with Gasteiger partial charge < -0.3 is 10.1 Å². The number of para-hydroxylation sites is 1. The van der Waals surface area contributed by atoms with E-state index in [1.807, 2.05) is 12.1 Å². The second-order valence-electron chi connectivity index (χ2n) is 9.34. The first-order valence-corrected chi connectivity index (χ1v) is 13.8. The van der Waals surface area contributed by atoms with Crippen LogP contribution < -0.4 is 15.6 Å². The van der Waals surface area contributed by atoms with Crippen molar-refractivity contribution in [3.63, 3.8) is 0 Å². The SMILES string of the molecule is O=C(COc1c(Br)cc(Cl)cc1C=Nn1c(C2CCCCC2)nc2ccccc2c1=O)Nc1cccc(F)c1. The molecule has 1 fully saturated rings. The van der Waals surface area contributed by atoms with E-state index in [0.717, 1.165) is 25.7 Å². The van der Waals surface area contributed by atoms with E-state index in [1.165, 1.54) is 35.5 Å². The Morgan fingerprint density at radius 2 is 1.95 bits per heavy atom. The summed E-state index contributed by atoms with van der Waals surface area (Å²) in [6, 6.07) is 16.1. The molecule has 1 saturated carbocycles. The largest absolute Gasteiger partial charge is 0.482 e. The summed E-state index contributed by atoms with van der Waals surface area (Å²) in [6.45, 7) is -0.345. The summed E-state index contributed by atoms with van der Waals surface area (Å²) in [4.78, 5) is 30.8. The van der Waals surface area contributed by atoms with Crippen LogP contribution in [0.25, 0.3) is 10.9 Å². The van der Waals surface area contributed by atoms with Crippen molar-refractivity contribution in [2.45, 2.75) is 38.0 Å². The quantitative estimate of drug-likeness (QED) is 0.231. The summed E-state index contributed by atoms with van der Waals surface area (Å²) >= 11 is 9.75. The molecule has 1 aliphatic rings. The number of carbonyl (C=O) groups excluding carboxylic acids is 1. The third-order valence-corrected chi connectivity index (χ3v) is 7.36. The lowest BCUT2D eigenvalue weighted by Crippen LogP contribution is -2.25. The summed E-state index contributed by atoms with van der Waals surface area (Å²) in [7, 11) is 0. The van der Waals surface area contributed by atoms with E-state index in [2.05, 4.69) is 26.3 Å². The molecule has 200 valence electrons. The fourth-order valence-electron chi connectivity index (χ4n) is 4.73. The first-order chi connectivity index (χ1) is 18.9. The Kier molecular flexibility index (Phi) is 8.38. The summed E-state index contributed by atoms with van der Waals surface area (Å²) < 4.78 is 21.1. The van der Waals surface area contributed by atoms with Crippen molar-refractivity contribution in [1.82, 2.24) is 9.66 Å². The molecule has 39 heavy (non-hydrogen) atoms. The number of rotatable bonds is 7. The Labute approximate surface area is 237 Å². The number of anilines is 1. The number of nitrogens with zero attached hydrogens (tertiary/aromatic N) is 3. The third kappa shape index (κ3) is 6.37. The maximum atomic E-state index is 13.5. The molecule has 4 aromatic rings. The minimum Gasteiger partial charge on any atom is -0.482 e. The van der Waals surface area contributed by atoms with E-state index < -0.39 is 11.7 Å². The molecule has 3 aromatic carbocycles. The van der Waals surface area contributed by atoms with Crippen LogP contribution in [-0.2, 0) is 4.79 Å². The van der Waals surface area contributed by atoms with Gasteiger partial charge in [-0.3, -0.25) is 9.59 Å². The maximum absolute atomic E-state index is 13.5. The fraction of sp³-hybridized carbons (Fsp3) is 0.241. The Morgan fingerprint density at radius 1 is 1.15 bits per heavy atom. The van der Waals surface area contributed by atoms with Crippen molar-refractivity contribution >= 4 is 56.2 Å². The molecule has 0 atom stereocenters. The highest BCUT2D eigenvalue weighted by molar-refractivity contribution is 9.10. The highest BCUT2D eigenvalue weighted by Crippen LogP contribution is 2.33. The molecule has 0 aliphatic heterocycles. The second kappa shape index (κ2) is 12.1. The number of carbonyl (C=O) groups is 1. The molecular weight excluding hydrogens is 587 g/mol. The first-order valence-electron chi connectivity index (χ1n) is 12.6. The number of hydrogen-bond acceptors (Lipinski definition) is 5. The zero-order chi connectivity index (χ0) is 27.4.